The first-order valence-electron chi connectivity index (χ1n) is 6.58. The van der Waals surface area contributed by atoms with E-state index in [1.165, 1.54) is 4.90 Å². The second kappa shape index (κ2) is 5.90. The lowest BCUT2D eigenvalue weighted by molar-refractivity contribution is -0.137. The van der Waals surface area contributed by atoms with Crippen LogP contribution >= 0.6 is 0 Å². The number of hydrogen-bond donors (Lipinski definition) is 3. The lowest BCUT2D eigenvalue weighted by atomic mass is 10.2. The summed E-state index contributed by atoms with van der Waals surface area (Å²) in [6, 6.07) is -0.403. The van der Waals surface area contributed by atoms with E-state index in [0.717, 1.165) is 12.8 Å². The lowest BCUT2D eigenvalue weighted by Crippen LogP contribution is -2.47. The Morgan fingerprint density at radius 2 is 2.11 bits per heavy atom. The molecule has 19 heavy (non-hydrogen) atoms. The van der Waals surface area contributed by atoms with E-state index in [1.54, 1.807) is 0 Å². The van der Waals surface area contributed by atoms with Crippen LogP contribution in [-0.4, -0.2) is 53.6 Å². The lowest BCUT2D eigenvalue weighted by Gasteiger charge is -2.22. The van der Waals surface area contributed by atoms with E-state index < -0.39 is 5.97 Å². The second-order valence-electron chi connectivity index (χ2n) is 5.21. The van der Waals surface area contributed by atoms with E-state index in [4.69, 9.17) is 5.11 Å². The topological polar surface area (TPSA) is 98.7 Å². The number of amides is 3. The first-order valence-corrected chi connectivity index (χ1v) is 6.58. The highest BCUT2D eigenvalue weighted by molar-refractivity contribution is 5.81. The molecule has 3 amide bonds. The average molecular weight is 269 g/mol. The number of hydrogen-bond acceptors (Lipinski definition) is 3. The van der Waals surface area contributed by atoms with Gasteiger partial charge in [0.2, 0.25) is 5.91 Å². The Hall–Kier alpha value is -1.79. The van der Waals surface area contributed by atoms with Crippen LogP contribution in [0.1, 0.15) is 25.7 Å². The van der Waals surface area contributed by atoms with Crippen molar-refractivity contribution in [3.8, 4) is 0 Å². The Morgan fingerprint density at radius 3 is 2.63 bits per heavy atom. The molecule has 2 aliphatic rings. The molecule has 7 heteroatoms. The first-order chi connectivity index (χ1) is 9.04. The van der Waals surface area contributed by atoms with Crippen LogP contribution in [0.15, 0.2) is 0 Å². The fourth-order valence-corrected chi connectivity index (χ4v) is 2.15. The summed E-state index contributed by atoms with van der Waals surface area (Å²) >= 11 is 0. The molecule has 1 heterocycles. The van der Waals surface area contributed by atoms with Gasteiger partial charge in [0.15, 0.2) is 0 Å². The van der Waals surface area contributed by atoms with Crippen molar-refractivity contribution in [2.24, 2.45) is 5.92 Å². The van der Waals surface area contributed by atoms with Crippen LogP contribution in [0.2, 0.25) is 0 Å². The third-order valence-electron chi connectivity index (χ3n) is 3.37. The average Bonchev–Trinajstić information content (AvgIpc) is 3.06. The quantitative estimate of drug-likeness (QED) is 0.620. The van der Waals surface area contributed by atoms with Gasteiger partial charge in [-0.3, -0.25) is 9.59 Å². The Labute approximate surface area is 111 Å². The molecule has 1 aliphatic carbocycles. The summed E-state index contributed by atoms with van der Waals surface area (Å²) in [4.78, 5) is 35.0. The minimum Gasteiger partial charge on any atom is -0.480 e. The second-order valence-corrected chi connectivity index (χ2v) is 5.21. The molecule has 1 saturated carbocycles. The summed E-state index contributed by atoms with van der Waals surface area (Å²) < 4.78 is 0. The Balaban J connectivity index is 1.77. The predicted molar refractivity (Wildman–Crippen MR) is 66.5 cm³/mol. The molecule has 0 bridgehead atoms. The molecule has 106 valence electrons. The minimum atomic E-state index is -1.01. The molecular formula is C12H19N3O4. The van der Waals surface area contributed by atoms with Crippen molar-refractivity contribution >= 4 is 17.9 Å². The third-order valence-corrected chi connectivity index (χ3v) is 3.37. The predicted octanol–water partition coefficient (Wildman–Crippen LogP) is -0.229. The zero-order valence-corrected chi connectivity index (χ0v) is 10.7. The van der Waals surface area contributed by atoms with Gasteiger partial charge in [0.1, 0.15) is 6.54 Å². The van der Waals surface area contributed by atoms with Crippen LogP contribution in [0.4, 0.5) is 4.79 Å². The van der Waals surface area contributed by atoms with Crippen molar-refractivity contribution in [1.82, 2.24) is 15.5 Å². The number of carboxylic acids is 1. The van der Waals surface area contributed by atoms with Gasteiger partial charge in [0, 0.05) is 25.6 Å². The zero-order valence-electron chi connectivity index (χ0n) is 10.7. The fraction of sp³-hybridized carbons (Fsp3) is 0.750. The maximum atomic E-state index is 11.9. The Bertz CT molecular complexity index is 381. The monoisotopic (exact) mass is 269 g/mol. The molecule has 3 N–H and O–H groups in total. The Kier molecular flexibility index (Phi) is 4.24. The van der Waals surface area contributed by atoms with Gasteiger partial charge in [-0.05, 0) is 25.2 Å². The number of nitrogens with one attached hydrogen (secondary N) is 2. The summed E-state index contributed by atoms with van der Waals surface area (Å²) in [6.45, 7) is 0.569. The Morgan fingerprint density at radius 1 is 1.37 bits per heavy atom. The van der Waals surface area contributed by atoms with Gasteiger partial charge in [-0.2, -0.15) is 0 Å². The van der Waals surface area contributed by atoms with E-state index in [1.807, 2.05) is 0 Å². The molecule has 1 aliphatic heterocycles. The van der Waals surface area contributed by atoms with Crippen LogP contribution in [0.3, 0.4) is 0 Å². The van der Waals surface area contributed by atoms with Crippen LogP contribution in [0.25, 0.3) is 0 Å². The smallest absolute Gasteiger partial charge is 0.323 e. The minimum absolute atomic E-state index is 0.000350. The van der Waals surface area contributed by atoms with Crippen molar-refractivity contribution < 1.29 is 19.5 Å². The molecule has 0 aromatic carbocycles. The standard InChI is InChI=1S/C12H19N3O4/c16-10-4-3-9(14-10)5-13-12(19)15(7-11(17)18)6-8-1-2-8/h8-9H,1-7H2,(H,13,19)(H,14,16)(H,17,18). The van der Waals surface area contributed by atoms with Gasteiger partial charge in [0.25, 0.3) is 0 Å². The summed E-state index contributed by atoms with van der Waals surface area (Å²) in [5.74, 6) is -0.569. The molecule has 7 nitrogen and oxygen atoms in total. The SMILES string of the molecule is O=C(O)CN(CC1CC1)C(=O)NCC1CCC(=O)N1. The fourth-order valence-electron chi connectivity index (χ4n) is 2.15. The molecule has 2 rings (SSSR count). The largest absolute Gasteiger partial charge is 0.480 e. The summed E-state index contributed by atoms with van der Waals surface area (Å²) in [5, 5.41) is 14.2. The number of carbonyl (C=O) groups is 3. The summed E-state index contributed by atoms with van der Waals surface area (Å²) in [6.07, 6.45) is 3.31. The van der Waals surface area contributed by atoms with Gasteiger partial charge < -0.3 is 20.6 Å². The van der Waals surface area contributed by atoms with E-state index in [2.05, 4.69) is 10.6 Å². The van der Waals surface area contributed by atoms with Crippen molar-refractivity contribution in [3.05, 3.63) is 0 Å². The highest BCUT2D eigenvalue weighted by Gasteiger charge is 2.28. The van der Waals surface area contributed by atoms with Crippen LogP contribution in [0.5, 0.6) is 0 Å². The van der Waals surface area contributed by atoms with Gasteiger partial charge in [0.05, 0.1) is 0 Å². The maximum Gasteiger partial charge on any atom is 0.323 e. The van der Waals surface area contributed by atoms with Crippen molar-refractivity contribution in [2.45, 2.75) is 31.7 Å². The van der Waals surface area contributed by atoms with E-state index in [9.17, 15) is 14.4 Å². The van der Waals surface area contributed by atoms with E-state index in [-0.39, 0.29) is 24.5 Å². The van der Waals surface area contributed by atoms with Crippen molar-refractivity contribution in [2.75, 3.05) is 19.6 Å². The number of carboxylic acid groups (broad SMARTS) is 1. The molecule has 0 aromatic heterocycles. The molecule has 1 saturated heterocycles. The van der Waals surface area contributed by atoms with E-state index in [0.29, 0.717) is 31.8 Å². The van der Waals surface area contributed by atoms with E-state index >= 15 is 0 Å². The molecule has 2 fully saturated rings. The maximum absolute atomic E-state index is 11.9. The highest BCUT2D eigenvalue weighted by Crippen LogP contribution is 2.29. The molecule has 0 radical (unpaired) electrons. The zero-order chi connectivity index (χ0) is 13.8. The van der Waals surface area contributed by atoms with Gasteiger partial charge in [-0.25, -0.2) is 4.79 Å². The molecule has 1 unspecified atom stereocenters. The molecular weight excluding hydrogens is 250 g/mol. The van der Waals surface area contributed by atoms with Crippen molar-refractivity contribution in [3.63, 3.8) is 0 Å². The number of rotatable bonds is 6. The van der Waals surface area contributed by atoms with Gasteiger partial charge in [-0.15, -0.1) is 0 Å². The van der Waals surface area contributed by atoms with Crippen molar-refractivity contribution in [1.29, 1.82) is 0 Å². The van der Waals surface area contributed by atoms with Crippen LogP contribution < -0.4 is 10.6 Å². The molecule has 0 spiro atoms. The summed E-state index contributed by atoms with van der Waals surface area (Å²) in [7, 11) is 0. The number of carbonyl (C=O) groups excluding carboxylic acids is 2. The number of urea groups is 1. The van der Waals surface area contributed by atoms with Crippen LogP contribution in [0, 0.1) is 5.92 Å². The van der Waals surface area contributed by atoms with Gasteiger partial charge in [-0.1, -0.05) is 0 Å². The normalized spacial score (nSPS) is 21.9. The third kappa shape index (κ3) is 4.42. The number of aliphatic carboxylic acids is 1. The highest BCUT2D eigenvalue weighted by atomic mass is 16.4. The molecule has 1 atom stereocenters. The summed E-state index contributed by atoms with van der Waals surface area (Å²) in [5.41, 5.74) is 0. The number of nitrogens with zero attached hydrogens (tertiary/aromatic N) is 1. The molecule has 0 aromatic rings. The van der Waals surface area contributed by atoms with Gasteiger partial charge >= 0.3 is 12.0 Å². The first kappa shape index (κ1) is 13.6. The van der Waals surface area contributed by atoms with Crippen LogP contribution in [-0.2, 0) is 9.59 Å².